The normalized spacial score (nSPS) is 14.3. The fourth-order valence-electron chi connectivity index (χ4n) is 1.22. The average molecular weight is 396 g/mol. The van der Waals surface area contributed by atoms with Crippen LogP contribution in [0.5, 0.6) is 0 Å². The van der Waals surface area contributed by atoms with E-state index in [1.807, 2.05) is 0 Å². The van der Waals surface area contributed by atoms with E-state index in [9.17, 15) is 52.8 Å². The summed E-state index contributed by atoms with van der Waals surface area (Å²) in [7, 11) is -14.2. The second kappa shape index (κ2) is 6.14. The maximum absolute atomic E-state index is 12.3. The summed E-state index contributed by atoms with van der Waals surface area (Å²) in [4.78, 5) is 21.0. The number of sulfone groups is 2. The van der Waals surface area contributed by atoms with Gasteiger partial charge in [0.25, 0.3) is 19.7 Å². The second-order valence-electron chi connectivity index (χ2n) is 3.88. The molecule has 136 valence electrons. The lowest BCUT2D eigenvalue weighted by atomic mass is 10.1. The van der Waals surface area contributed by atoms with Gasteiger partial charge >= 0.3 is 23.0 Å². The molecule has 0 bridgehead atoms. The van der Waals surface area contributed by atoms with Crippen molar-refractivity contribution < 1.29 is 63.0 Å². The van der Waals surface area contributed by atoms with Crippen LogP contribution >= 0.6 is 0 Å². The van der Waals surface area contributed by atoms with Gasteiger partial charge in [0.2, 0.25) is 0 Å². The Hall–Kier alpha value is -1.58. The zero-order valence-electron chi connectivity index (χ0n) is 10.3. The number of alkyl halides is 6. The molecule has 0 unspecified atom stereocenters. The third-order valence-corrected chi connectivity index (χ3v) is 6.94. The third kappa shape index (κ3) is 4.24. The minimum absolute atomic E-state index is 2.48. The standard InChI is InChI=1S/C7H6F6O8S2/c8-6(9,10)22(18,19)3(23(20,21)7(11,12)13)1-2(4(14)15)5(16)17/h2-3H,1H2,(H,14,15)(H,16,17). The lowest BCUT2D eigenvalue weighted by molar-refractivity contribution is -0.154. The molecule has 0 aromatic carbocycles. The van der Waals surface area contributed by atoms with Gasteiger partial charge in [0.15, 0.2) is 10.5 Å². The SMILES string of the molecule is O=C(O)C(CC(S(=O)(=O)C(F)(F)F)S(=O)(=O)C(F)(F)F)C(=O)O. The van der Waals surface area contributed by atoms with E-state index in [2.05, 4.69) is 0 Å². The molecule has 0 amide bonds. The lowest BCUT2D eigenvalue weighted by Gasteiger charge is -2.22. The van der Waals surface area contributed by atoms with Crippen LogP contribution in [0.3, 0.4) is 0 Å². The Morgan fingerprint density at radius 3 is 1.22 bits per heavy atom. The van der Waals surface area contributed by atoms with Crippen LogP contribution in [0.2, 0.25) is 0 Å². The van der Waals surface area contributed by atoms with Crippen LogP contribution in [0.4, 0.5) is 26.3 Å². The Morgan fingerprint density at radius 1 is 0.783 bits per heavy atom. The average Bonchev–Trinajstić information content (AvgIpc) is 2.24. The molecule has 2 N–H and O–H groups in total. The van der Waals surface area contributed by atoms with Crippen molar-refractivity contribution >= 4 is 31.6 Å². The van der Waals surface area contributed by atoms with Crippen molar-refractivity contribution in [3.63, 3.8) is 0 Å². The van der Waals surface area contributed by atoms with Gasteiger partial charge < -0.3 is 10.2 Å². The van der Waals surface area contributed by atoms with Crippen molar-refractivity contribution in [2.75, 3.05) is 0 Å². The predicted molar refractivity (Wildman–Crippen MR) is 57.1 cm³/mol. The fraction of sp³-hybridized carbons (Fsp3) is 0.714. The van der Waals surface area contributed by atoms with Crippen LogP contribution in [0, 0.1) is 5.92 Å². The summed E-state index contributed by atoms with van der Waals surface area (Å²) < 4.78 is 114. The molecule has 23 heavy (non-hydrogen) atoms. The molecule has 0 aromatic rings. The summed E-state index contributed by atoms with van der Waals surface area (Å²) in [5.41, 5.74) is -13.0. The van der Waals surface area contributed by atoms with Gasteiger partial charge in [-0.2, -0.15) is 26.3 Å². The minimum atomic E-state index is -7.08. The van der Waals surface area contributed by atoms with Crippen molar-refractivity contribution in [3.8, 4) is 0 Å². The van der Waals surface area contributed by atoms with Crippen LogP contribution in [-0.4, -0.2) is 54.6 Å². The number of carbonyl (C=O) groups is 2. The summed E-state index contributed by atoms with van der Waals surface area (Å²) in [6.07, 6.45) is -2.48. The number of hydrogen-bond acceptors (Lipinski definition) is 6. The monoisotopic (exact) mass is 396 g/mol. The van der Waals surface area contributed by atoms with Crippen molar-refractivity contribution in [1.82, 2.24) is 0 Å². The van der Waals surface area contributed by atoms with Crippen LogP contribution < -0.4 is 0 Å². The maximum Gasteiger partial charge on any atom is 0.498 e. The fourth-order valence-corrected chi connectivity index (χ4v) is 4.69. The third-order valence-electron chi connectivity index (χ3n) is 2.36. The highest BCUT2D eigenvalue weighted by Crippen LogP contribution is 2.38. The first-order valence-corrected chi connectivity index (χ1v) is 8.02. The molecule has 0 saturated heterocycles. The summed E-state index contributed by atoms with van der Waals surface area (Å²) in [5.74, 6) is -8.16. The Balaban J connectivity index is 6.39. The molecule has 0 atom stereocenters. The molecule has 0 fully saturated rings. The van der Waals surface area contributed by atoms with Crippen LogP contribution in [0.1, 0.15) is 6.42 Å². The van der Waals surface area contributed by atoms with Crippen LogP contribution in [0.25, 0.3) is 0 Å². The minimum Gasteiger partial charge on any atom is -0.481 e. The molecular weight excluding hydrogens is 390 g/mol. The molecule has 0 aliphatic rings. The van der Waals surface area contributed by atoms with Crippen LogP contribution in [-0.2, 0) is 29.3 Å². The van der Waals surface area contributed by atoms with Crippen molar-refractivity contribution in [2.24, 2.45) is 5.92 Å². The molecular formula is C7H6F6O8S2. The smallest absolute Gasteiger partial charge is 0.481 e. The topological polar surface area (TPSA) is 143 Å². The van der Waals surface area contributed by atoms with E-state index >= 15 is 0 Å². The number of rotatable bonds is 6. The molecule has 0 aliphatic heterocycles. The first kappa shape index (κ1) is 21.4. The molecule has 0 rings (SSSR count). The highest BCUT2D eigenvalue weighted by Gasteiger charge is 2.63. The number of hydrogen-bond donors (Lipinski definition) is 2. The first-order valence-electron chi connectivity index (χ1n) is 4.93. The summed E-state index contributed by atoms with van der Waals surface area (Å²) in [6.45, 7) is 0. The van der Waals surface area contributed by atoms with Crippen molar-refractivity contribution in [1.29, 1.82) is 0 Å². The van der Waals surface area contributed by atoms with E-state index < -0.39 is 59.6 Å². The zero-order chi connectivity index (χ0) is 19.0. The van der Waals surface area contributed by atoms with Gasteiger partial charge in [-0.25, -0.2) is 16.8 Å². The highest BCUT2D eigenvalue weighted by molar-refractivity contribution is 8.09. The van der Waals surface area contributed by atoms with Gasteiger partial charge in [-0.05, 0) is 0 Å². The van der Waals surface area contributed by atoms with E-state index in [0.29, 0.717) is 0 Å². The Labute approximate surface area is 123 Å². The molecule has 16 heteroatoms. The number of halogens is 6. The van der Waals surface area contributed by atoms with E-state index in [4.69, 9.17) is 10.2 Å². The molecule has 0 saturated carbocycles. The quantitative estimate of drug-likeness (QED) is 0.484. The largest absolute Gasteiger partial charge is 0.498 e. The number of carboxylic acids is 2. The molecule has 8 nitrogen and oxygen atoms in total. The van der Waals surface area contributed by atoms with E-state index in [1.165, 1.54) is 0 Å². The van der Waals surface area contributed by atoms with Gasteiger partial charge in [-0.1, -0.05) is 0 Å². The number of aliphatic carboxylic acids is 2. The van der Waals surface area contributed by atoms with Crippen LogP contribution in [0.15, 0.2) is 0 Å². The predicted octanol–water partition coefficient (Wildman–Crippen LogP) is 0.357. The molecule has 0 spiro atoms. The molecule has 0 aliphatic carbocycles. The van der Waals surface area contributed by atoms with Gasteiger partial charge in [-0.15, -0.1) is 0 Å². The highest BCUT2D eigenvalue weighted by atomic mass is 32.3. The molecule has 0 aromatic heterocycles. The van der Waals surface area contributed by atoms with Gasteiger partial charge in [0.05, 0.1) is 0 Å². The Morgan fingerprint density at radius 2 is 1.04 bits per heavy atom. The summed E-state index contributed by atoms with van der Waals surface area (Å²) in [6, 6.07) is 0. The zero-order valence-corrected chi connectivity index (χ0v) is 11.9. The Bertz CT molecular complexity index is 629. The van der Waals surface area contributed by atoms with Crippen molar-refractivity contribution in [3.05, 3.63) is 0 Å². The first-order chi connectivity index (χ1) is 9.87. The summed E-state index contributed by atoms with van der Waals surface area (Å²) >= 11 is 0. The maximum atomic E-state index is 12.3. The van der Waals surface area contributed by atoms with Crippen molar-refractivity contribution in [2.45, 2.75) is 22.0 Å². The molecule has 0 radical (unpaired) electrons. The summed E-state index contributed by atoms with van der Waals surface area (Å²) in [5, 5.41) is 16.8. The van der Waals surface area contributed by atoms with Gasteiger partial charge in [-0.3, -0.25) is 9.59 Å². The Kier molecular flexibility index (Phi) is 5.72. The van der Waals surface area contributed by atoms with Gasteiger partial charge in [0.1, 0.15) is 0 Å². The van der Waals surface area contributed by atoms with Gasteiger partial charge in [0, 0.05) is 6.42 Å². The second-order valence-corrected chi connectivity index (χ2v) is 8.42. The van der Waals surface area contributed by atoms with E-state index in [0.717, 1.165) is 0 Å². The lowest BCUT2D eigenvalue weighted by Crippen LogP contribution is -2.47. The number of carboxylic acid groups (broad SMARTS) is 2. The van der Waals surface area contributed by atoms with E-state index in [-0.39, 0.29) is 0 Å². The van der Waals surface area contributed by atoms with E-state index in [1.54, 1.807) is 0 Å². The molecule has 0 heterocycles.